The van der Waals surface area contributed by atoms with Crippen molar-refractivity contribution >= 4 is 15.9 Å². The number of halogens is 1. The molecule has 0 heterocycles. The van der Waals surface area contributed by atoms with E-state index in [0.717, 1.165) is 5.33 Å². The van der Waals surface area contributed by atoms with Crippen LogP contribution >= 0.6 is 15.9 Å². The Bertz CT molecular complexity index is 66.3. The van der Waals surface area contributed by atoms with Crippen molar-refractivity contribution in [1.29, 1.82) is 0 Å². The summed E-state index contributed by atoms with van der Waals surface area (Å²) < 4.78 is 0. The summed E-state index contributed by atoms with van der Waals surface area (Å²) in [5, 5.41) is 1.16. The van der Waals surface area contributed by atoms with Crippen LogP contribution in [0.1, 0.15) is 26.2 Å². The van der Waals surface area contributed by atoms with Gasteiger partial charge in [-0.25, -0.2) is 0 Å². The first-order valence-corrected chi connectivity index (χ1v) is 5.18. The van der Waals surface area contributed by atoms with Crippen molar-refractivity contribution in [3.8, 4) is 0 Å². The van der Waals surface area contributed by atoms with Gasteiger partial charge in [0.25, 0.3) is 0 Å². The molecule has 0 radical (unpaired) electrons. The highest BCUT2D eigenvalue weighted by molar-refractivity contribution is 9.09. The lowest BCUT2D eigenvalue weighted by molar-refractivity contribution is 0.343. The largest absolute Gasteiger partial charge is 0.307 e. The minimum absolute atomic E-state index is 1.16. The number of hydrogen-bond acceptors (Lipinski definition) is 1. The molecule has 10 heavy (non-hydrogen) atoms. The van der Waals surface area contributed by atoms with Crippen LogP contribution < -0.4 is 0 Å². The molecule has 0 amide bonds. The van der Waals surface area contributed by atoms with E-state index < -0.39 is 0 Å². The summed E-state index contributed by atoms with van der Waals surface area (Å²) in [7, 11) is 2.17. The topological polar surface area (TPSA) is 3.24 Å². The number of rotatable bonds is 6. The summed E-state index contributed by atoms with van der Waals surface area (Å²) in [4.78, 5) is 2.36. The molecule has 62 valence electrons. The predicted molar refractivity (Wildman–Crippen MR) is 50.8 cm³/mol. The van der Waals surface area contributed by atoms with E-state index in [4.69, 9.17) is 0 Å². The Morgan fingerprint density at radius 2 is 1.90 bits per heavy atom. The first-order valence-electron chi connectivity index (χ1n) is 4.05. The predicted octanol–water partition coefficient (Wildman–Crippen LogP) is 2.50. The lowest BCUT2D eigenvalue weighted by atomic mass is 10.2. The number of hydrogen-bond donors (Lipinski definition) is 0. The summed E-state index contributed by atoms with van der Waals surface area (Å²) in [5.41, 5.74) is 0. The maximum Gasteiger partial charge on any atom is 0.00313 e. The molecule has 0 fully saturated rings. The summed E-state index contributed by atoms with van der Waals surface area (Å²) in [6, 6.07) is 0. The molecule has 0 spiro atoms. The van der Waals surface area contributed by atoms with Gasteiger partial charge in [-0.1, -0.05) is 29.3 Å². The van der Waals surface area contributed by atoms with Crippen molar-refractivity contribution in [3.63, 3.8) is 0 Å². The van der Waals surface area contributed by atoms with Crippen LogP contribution in [0.2, 0.25) is 0 Å². The van der Waals surface area contributed by atoms with Crippen molar-refractivity contribution in [2.24, 2.45) is 0 Å². The minimum Gasteiger partial charge on any atom is -0.307 e. The molecule has 0 rings (SSSR count). The van der Waals surface area contributed by atoms with Gasteiger partial charge in [0.2, 0.25) is 0 Å². The van der Waals surface area contributed by atoms with E-state index in [-0.39, 0.29) is 0 Å². The van der Waals surface area contributed by atoms with E-state index in [1.54, 1.807) is 0 Å². The molecule has 2 heteroatoms. The van der Waals surface area contributed by atoms with Gasteiger partial charge >= 0.3 is 0 Å². The Labute approximate surface area is 72.9 Å². The zero-order valence-electron chi connectivity index (χ0n) is 7.07. The number of alkyl halides is 1. The van der Waals surface area contributed by atoms with Gasteiger partial charge in [0.05, 0.1) is 0 Å². The molecule has 0 aromatic carbocycles. The third-order valence-corrected chi connectivity index (χ3v) is 2.27. The molecule has 0 saturated heterocycles. The molecule has 0 unspecified atom stereocenters. The maximum absolute atomic E-state index is 3.42. The summed E-state index contributed by atoms with van der Waals surface area (Å²) in [6.07, 6.45) is 4.02. The molecule has 0 atom stereocenters. The molecule has 0 N–H and O–H groups in total. The van der Waals surface area contributed by atoms with Gasteiger partial charge in [-0.15, -0.1) is 0 Å². The molecule has 0 aliphatic heterocycles. The zero-order valence-corrected chi connectivity index (χ0v) is 8.65. The fourth-order valence-corrected chi connectivity index (χ4v) is 1.21. The van der Waals surface area contributed by atoms with E-state index in [1.807, 2.05) is 0 Å². The fraction of sp³-hybridized carbons (Fsp3) is 1.00. The molecule has 0 aromatic rings. The summed E-state index contributed by atoms with van der Waals surface area (Å²) in [6.45, 7) is 4.63. The lowest BCUT2D eigenvalue weighted by Gasteiger charge is -2.12. The van der Waals surface area contributed by atoms with Gasteiger partial charge in [-0.3, -0.25) is 0 Å². The van der Waals surface area contributed by atoms with Gasteiger partial charge in [-0.2, -0.15) is 0 Å². The van der Waals surface area contributed by atoms with Crippen LogP contribution in [0.5, 0.6) is 0 Å². The van der Waals surface area contributed by atoms with Crippen LogP contribution in [0.3, 0.4) is 0 Å². The molecule has 0 saturated carbocycles. The smallest absolute Gasteiger partial charge is 0.00313 e. The Hall–Kier alpha value is 0.440. The average molecular weight is 208 g/mol. The van der Waals surface area contributed by atoms with Crippen LogP contribution in [-0.2, 0) is 0 Å². The van der Waals surface area contributed by atoms with Crippen LogP contribution in [-0.4, -0.2) is 30.4 Å². The van der Waals surface area contributed by atoms with Crippen molar-refractivity contribution in [2.45, 2.75) is 26.2 Å². The molecular formula is C8H18BrN. The third kappa shape index (κ3) is 6.56. The second-order valence-electron chi connectivity index (χ2n) is 2.65. The van der Waals surface area contributed by atoms with E-state index >= 15 is 0 Å². The standard InChI is InChI=1S/C8H18BrN/c1-3-10(2)8-6-4-5-7-9/h3-8H2,1-2H3. The Balaban J connectivity index is 2.89. The van der Waals surface area contributed by atoms with Crippen molar-refractivity contribution in [1.82, 2.24) is 4.90 Å². The zero-order chi connectivity index (χ0) is 7.82. The van der Waals surface area contributed by atoms with Crippen molar-refractivity contribution in [3.05, 3.63) is 0 Å². The highest BCUT2D eigenvalue weighted by Gasteiger charge is 1.92. The SMILES string of the molecule is CCN(C)CCCCCBr. The second-order valence-corrected chi connectivity index (χ2v) is 3.44. The lowest BCUT2D eigenvalue weighted by Crippen LogP contribution is -2.18. The van der Waals surface area contributed by atoms with E-state index in [0.29, 0.717) is 0 Å². The van der Waals surface area contributed by atoms with Crippen molar-refractivity contribution in [2.75, 3.05) is 25.5 Å². The minimum atomic E-state index is 1.16. The van der Waals surface area contributed by atoms with Gasteiger partial charge < -0.3 is 4.90 Å². The first kappa shape index (κ1) is 10.4. The molecule has 0 aliphatic rings. The monoisotopic (exact) mass is 207 g/mol. The molecule has 0 aliphatic carbocycles. The fourth-order valence-electron chi connectivity index (χ4n) is 0.811. The van der Waals surface area contributed by atoms with Gasteiger partial charge in [0.1, 0.15) is 0 Å². The van der Waals surface area contributed by atoms with E-state index in [2.05, 4.69) is 34.8 Å². The number of unbranched alkanes of at least 4 members (excludes halogenated alkanes) is 2. The first-order chi connectivity index (χ1) is 4.81. The van der Waals surface area contributed by atoms with Crippen LogP contribution in [0, 0.1) is 0 Å². The highest BCUT2D eigenvalue weighted by atomic mass is 79.9. The summed E-state index contributed by atoms with van der Waals surface area (Å²) >= 11 is 3.42. The Morgan fingerprint density at radius 1 is 1.20 bits per heavy atom. The van der Waals surface area contributed by atoms with E-state index in [9.17, 15) is 0 Å². The van der Waals surface area contributed by atoms with Crippen LogP contribution in [0.15, 0.2) is 0 Å². The van der Waals surface area contributed by atoms with Gasteiger partial charge in [-0.05, 0) is 33.0 Å². The van der Waals surface area contributed by atoms with Crippen LogP contribution in [0.4, 0.5) is 0 Å². The normalized spacial score (nSPS) is 10.8. The maximum atomic E-state index is 3.42. The van der Waals surface area contributed by atoms with Crippen LogP contribution in [0.25, 0.3) is 0 Å². The van der Waals surface area contributed by atoms with Gasteiger partial charge in [0, 0.05) is 5.33 Å². The second kappa shape index (κ2) is 7.55. The average Bonchev–Trinajstić information content (AvgIpc) is 1.98. The quantitative estimate of drug-likeness (QED) is 0.478. The summed E-state index contributed by atoms with van der Waals surface area (Å²) in [5.74, 6) is 0. The van der Waals surface area contributed by atoms with E-state index in [1.165, 1.54) is 32.4 Å². The van der Waals surface area contributed by atoms with Gasteiger partial charge in [0.15, 0.2) is 0 Å². The molecule has 1 nitrogen and oxygen atoms in total. The third-order valence-electron chi connectivity index (χ3n) is 1.71. The Kier molecular flexibility index (Phi) is 7.88. The highest BCUT2D eigenvalue weighted by Crippen LogP contribution is 1.99. The number of nitrogens with zero attached hydrogens (tertiary/aromatic N) is 1. The molecule has 0 bridgehead atoms. The molecular weight excluding hydrogens is 190 g/mol. The van der Waals surface area contributed by atoms with Crippen molar-refractivity contribution < 1.29 is 0 Å². The Morgan fingerprint density at radius 3 is 2.40 bits per heavy atom. The molecule has 0 aromatic heterocycles.